The summed E-state index contributed by atoms with van der Waals surface area (Å²) in [5.41, 5.74) is 7.49. The van der Waals surface area contributed by atoms with E-state index >= 15 is 0 Å². The van der Waals surface area contributed by atoms with Crippen LogP contribution in [0.25, 0.3) is 5.57 Å². The van der Waals surface area contributed by atoms with E-state index in [2.05, 4.69) is 6.58 Å². The smallest absolute Gasteiger partial charge is 0.279 e. The average molecular weight is 206 g/mol. The van der Waals surface area contributed by atoms with Gasteiger partial charge >= 0.3 is 0 Å². The van der Waals surface area contributed by atoms with E-state index in [-0.39, 0.29) is 10.6 Å². The maximum Gasteiger partial charge on any atom is 0.279 e. The molecular weight excluding hydrogens is 192 g/mol. The first-order valence-corrected chi connectivity index (χ1v) is 4.70. The number of nitrogens with zero attached hydrogens (tertiary/aromatic N) is 1. The first-order valence-electron chi connectivity index (χ1n) is 4.70. The molecular formula is C11H14N2O2. The number of hydrogen-bond donors (Lipinski definition) is 1. The topological polar surface area (TPSA) is 69.2 Å². The number of nitrogens with two attached hydrogens (primary N) is 1. The molecule has 0 saturated heterocycles. The molecule has 1 aromatic carbocycles. The lowest BCUT2D eigenvalue weighted by Crippen LogP contribution is -2.02. The molecule has 0 bridgehead atoms. The molecule has 0 aliphatic heterocycles. The molecule has 0 unspecified atom stereocenters. The Balaban J connectivity index is 3.23. The highest BCUT2D eigenvalue weighted by atomic mass is 16.6. The maximum absolute atomic E-state index is 10.9. The minimum absolute atomic E-state index is 0.135. The van der Waals surface area contributed by atoms with Crippen molar-refractivity contribution < 1.29 is 4.92 Å². The second kappa shape index (κ2) is 4.70. The van der Waals surface area contributed by atoms with Gasteiger partial charge in [-0.1, -0.05) is 18.7 Å². The van der Waals surface area contributed by atoms with Crippen LogP contribution in [0.1, 0.15) is 17.5 Å². The van der Waals surface area contributed by atoms with Crippen LogP contribution < -0.4 is 5.73 Å². The van der Waals surface area contributed by atoms with E-state index in [1.165, 1.54) is 0 Å². The van der Waals surface area contributed by atoms with E-state index in [4.69, 9.17) is 5.73 Å². The van der Waals surface area contributed by atoms with Crippen molar-refractivity contribution in [1.82, 2.24) is 0 Å². The monoisotopic (exact) mass is 206 g/mol. The largest absolute Gasteiger partial charge is 0.330 e. The Morgan fingerprint density at radius 3 is 2.80 bits per heavy atom. The Morgan fingerprint density at radius 1 is 1.60 bits per heavy atom. The van der Waals surface area contributed by atoms with Crippen LogP contribution in [0.15, 0.2) is 24.8 Å². The summed E-state index contributed by atoms with van der Waals surface area (Å²) in [6.07, 6.45) is 0.574. The highest BCUT2D eigenvalue weighted by Crippen LogP contribution is 2.29. The van der Waals surface area contributed by atoms with Crippen molar-refractivity contribution in [2.75, 3.05) is 6.54 Å². The zero-order valence-electron chi connectivity index (χ0n) is 8.69. The summed E-state index contributed by atoms with van der Waals surface area (Å²) < 4.78 is 0. The molecule has 1 rings (SSSR count). The Morgan fingerprint density at radius 2 is 2.27 bits per heavy atom. The highest BCUT2D eigenvalue weighted by Gasteiger charge is 2.17. The SMILES string of the molecule is C=C(CCN)c1cccc(C)c1[N+](=O)[O-]. The normalized spacial score (nSPS) is 10.0. The van der Waals surface area contributed by atoms with E-state index in [1.807, 2.05) is 0 Å². The Bertz CT molecular complexity index is 400. The number of aryl methyl sites for hydroxylation is 1. The molecule has 0 fully saturated rings. The van der Waals surface area contributed by atoms with Crippen LogP contribution in [-0.4, -0.2) is 11.5 Å². The van der Waals surface area contributed by atoms with Crippen LogP contribution in [0.5, 0.6) is 0 Å². The minimum Gasteiger partial charge on any atom is -0.330 e. The molecule has 4 nitrogen and oxygen atoms in total. The van der Waals surface area contributed by atoms with Gasteiger partial charge in [-0.25, -0.2) is 0 Å². The fourth-order valence-electron chi connectivity index (χ4n) is 1.50. The molecule has 4 heteroatoms. The van der Waals surface area contributed by atoms with Gasteiger partial charge in [-0.3, -0.25) is 10.1 Å². The van der Waals surface area contributed by atoms with Gasteiger partial charge < -0.3 is 5.73 Å². The zero-order chi connectivity index (χ0) is 11.4. The van der Waals surface area contributed by atoms with Gasteiger partial charge in [0.25, 0.3) is 5.69 Å². The van der Waals surface area contributed by atoms with Gasteiger partial charge in [-0.15, -0.1) is 0 Å². The predicted octanol–water partition coefficient (Wildman–Crippen LogP) is 2.27. The van der Waals surface area contributed by atoms with Gasteiger partial charge in [-0.2, -0.15) is 0 Å². The molecule has 0 aliphatic carbocycles. The third-order valence-electron chi connectivity index (χ3n) is 2.25. The first-order chi connectivity index (χ1) is 7.07. The summed E-state index contributed by atoms with van der Waals surface area (Å²) in [6, 6.07) is 5.22. The van der Waals surface area contributed by atoms with Gasteiger partial charge in [-0.05, 0) is 31.5 Å². The number of nitro benzene ring substituents is 1. The van der Waals surface area contributed by atoms with E-state index in [0.29, 0.717) is 29.7 Å². The molecule has 15 heavy (non-hydrogen) atoms. The number of benzene rings is 1. The van der Waals surface area contributed by atoms with Crippen molar-refractivity contribution in [3.8, 4) is 0 Å². The van der Waals surface area contributed by atoms with Gasteiger partial charge in [0.1, 0.15) is 0 Å². The molecule has 0 amide bonds. The third-order valence-corrected chi connectivity index (χ3v) is 2.25. The van der Waals surface area contributed by atoms with E-state index in [9.17, 15) is 10.1 Å². The van der Waals surface area contributed by atoms with Crippen molar-refractivity contribution in [1.29, 1.82) is 0 Å². The van der Waals surface area contributed by atoms with Crippen molar-refractivity contribution >= 4 is 11.3 Å². The van der Waals surface area contributed by atoms with E-state index in [1.54, 1.807) is 25.1 Å². The fourth-order valence-corrected chi connectivity index (χ4v) is 1.50. The average Bonchev–Trinajstić information content (AvgIpc) is 2.17. The molecule has 0 heterocycles. The number of nitro groups is 1. The third kappa shape index (κ3) is 2.41. The lowest BCUT2D eigenvalue weighted by atomic mass is 10.00. The molecule has 80 valence electrons. The van der Waals surface area contributed by atoms with Crippen LogP contribution in [0.2, 0.25) is 0 Å². The minimum atomic E-state index is -0.369. The summed E-state index contributed by atoms with van der Waals surface area (Å²) in [7, 11) is 0. The van der Waals surface area contributed by atoms with Crippen LogP contribution in [0, 0.1) is 17.0 Å². The van der Waals surface area contributed by atoms with Gasteiger partial charge in [0.05, 0.1) is 10.5 Å². The Kier molecular flexibility index (Phi) is 3.57. The standard InChI is InChI=1S/C11H14N2O2/c1-8(6-7-12)10-5-3-4-9(2)11(10)13(14)15/h3-5H,1,6-7,12H2,2H3. The maximum atomic E-state index is 10.9. The van der Waals surface area contributed by atoms with Crippen LogP contribution in [0.4, 0.5) is 5.69 Å². The molecule has 0 spiro atoms. The van der Waals surface area contributed by atoms with Crippen molar-refractivity contribution in [3.05, 3.63) is 46.0 Å². The molecule has 0 aromatic heterocycles. The molecule has 0 atom stereocenters. The Hall–Kier alpha value is -1.68. The van der Waals surface area contributed by atoms with E-state index in [0.717, 1.165) is 0 Å². The fraction of sp³-hybridized carbons (Fsp3) is 0.273. The zero-order valence-corrected chi connectivity index (χ0v) is 8.69. The second-order valence-electron chi connectivity index (χ2n) is 3.37. The van der Waals surface area contributed by atoms with Crippen LogP contribution in [0.3, 0.4) is 0 Å². The summed E-state index contributed by atoms with van der Waals surface area (Å²) in [6.45, 7) is 5.98. The number of hydrogen-bond acceptors (Lipinski definition) is 3. The molecule has 0 radical (unpaired) electrons. The van der Waals surface area contributed by atoms with Gasteiger partial charge in [0.2, 0.25) is 0 Å². The van der Waals surface area contributed by atoms with Gasteiger partial charge in [0.15, 0.2) is 0 Å². The second-order valence-corrected chi connectivity index (χ2v) is 3.37. The quantitative estimate of drug-likeness (QED) is 0.606. The van der Waals surface area contributed by atoms with Crippen LogP contribution in [-0.2, 0) is 0 Å². The molecule has 2 N–H and O–H groups in total. The molecule has 1 aromatic rings. The first kappa shape index (κ1) is 11.4. The highest BCUT2D eigenvalue weighted by molar-refractivity contribution is 5.72. The van der Waals surface area contributed by atoms with Crippen molar-refractivity contribution in [2.45, 2.75) is 13.3 Å². The summed E-state index contributed by atoms with van der Waals surface area (Å²) in [5, 5.41) is 10.9. The van der Waals surface area contributed by atoms with Crippen LogP contribution >= 0.6 is 0 Å². The lowest BCUT2D eigenvalue weighted by molar-refractivity contribution is -0.385. The van der Waals surface area contributed by atoms with Crippen molar-refractivity contribution in [3.63, 3.8) is 0 Å². The number of rotatable bonds is 4. The van der Waals surface area contributed by atoms with E-state index < -0.39 is 0 Å². The van der Waals surface area contributed by atoms with Gasteiger partial charge in [0, 0.05) is 5.56 Å². The summed E-state index contributed by atoms with van der Waals surface area (Å²) in [5.74, 6) is 0. The Labute approximate surface area is 88.6 Å². The van der Waals surface area contributed by atoms with Crippen molar-refractivity contribution in [2.24, 2.45) is 5.73 Å². The summed E-state index contributed by atoms with van der Waals surface area (Å²) in [4.78, 5) is 10.5. The molecule has 0 aliphatic rings. The lowest BCUT2D eigenvalue weighted by Gasteiger charge is -2.06. The number of para-hydroxylation sites is 1. The summed E-state index contributed by atoms with van der Waals surface area (Å²) >= 11 is 0. The molecule has 0 saturated carbocycles. The predicted molar refractivity (Wildman–Crippen MR) is 60.5 cm³/mol.